The Kier molecular flexibility index (Phi) is 5.14. The van der Waals surface area contributed by atoms with Crippen LogP contribution in [0.25, 0.3) is 0 Å². The van der Waals surface area contributed by atoms with Gasteiger partial charge in [-0.05, 0) is 49.3 Å². The van der Waals surface area contributed by atoms with Crippen LogP contribution in [0.3, 0.4) is 0 Å². The lowest BCUT2D eigenvalue weighted by Crippen LogP contribution is -2.22. The predicted octanol–water partition coefficient (Wildman–Crippen LogP) is 4.85. The van der Waals surface area contributed by atoms with Gasteiger partial charge in [-0.15, -0.1) is 0 Å². The van der Waals surface area contributed by atoms with Crippen LogP contribution in [-0.4, -0.2) is 0 Å². The molecule has 0 amide bonds. The number of thiol groups is 1. The lowest BCUT2D eigenvalue weighted by atomic mass is 9.78. The van der Waals surface area contributed by atoms with Crippen molar-refractivity contribution in [3.63, 3.8) is 0 Å². The molecule has 0 aromatic heterocycles. The fraction of sp³-hybridized carbons (Fsp3) is 0.647. The summed E-state index contributed by atoms with van der Waals surface area (Å²) in [6.07, 6.45) is 2.22. The maximum Gasteiger partial charge on any atom is 0.0324 e. The molecule has 0 aliphatic heterocycles. The van der Waals surface area contributed by atoms with E-state index in [1.165, 1.54) is 16.7 Å². The van der Waals surface area contributed by atoms with Crippen molar-refractivity contribution in [2.45, 2.75) is 65.2 Å². The zero-order valence-corrected chi connectivity index (χ0v) is 14.1. The average molecular weight is 279 g/mol. The molecule has 0 aliphatic carbocycles. The fourth-order valence-electron chi connectivity index (χ4n) is 2.41. The summed E-state index contributed by atoms with van der Waals surface area (Å²) < 4.78 is -0.135. The van der Waals surface area contributed by atoms with E-state index in [2.05, 4.69) is 59.7 Å². The number of nitrogens with two attached hydrogens (primary N) is 1. The zero-order valence-electron chi connectivity index (χ0n) is 13.2. The average Bonchev–Trinajstić information content (AvgIpc) is 2.27. The van der Waals surface area contributed by atoms with Crippen molar-refractivity contribution < 1.29 is 0 Å². The highest BCUT2D eigenvalue weighted by atomic mass is 32.1. The largest absolute Gasteiger partial charge is 0.324 e. The Bertz CT molecular complexity index is 427. The summed E-state index contributed by atoms with van der Waals surface area (Å²) in [7, 11) is 0. The monoisotopic (exact) mass is 279 g/mol. The first kappa shape index (κ1) is 16.6. The Balaban J connectivity index is 3.38. The van der Waals surface area contributed by atoms with Gasteiger partial charge in [0, 0.05) is 10.8 Å². The highest BCUT2D eigenvalue weighted by Gasteiger charge is 2.26. The lowest BCUT2D eigenvalue weighted by Gasteiger charge is -2.31. The van der Waals surface area contributed by atoms with Gasteiger partial charge in [-0.25, -0.2) is 0 Å². The maximum absolute atomic E-state index is 6.16. The van der Waals surface area contributed by atoms with Gasteiger partial charge in [0.1, 0.15) is 0 Å². The highest BCUT2D eigenvalue weighted by molar-refractivity contribution is 7.81. The molecular formula is C17H29NS. The van der Waals surface area contributed by atoms with Crippen molar-refractivity contribution in [1.29, 1.82) is 0 Å². The quantitative estimate of drug-likeness (QED) is 0.740. The van der Waals surface area contributed by atoms with E-state index in [9.17, 15) is 0 Å². The van der Waals surface area contributed by atoms with E-state index in [-0.39, 0.29) is 10.8 Å². The topological polar surface area (TPSA) is 26.0 Å². The molecule has 1 atom stereocenters. The highest BCUT2D eigenvalue weighted by Crippen LogP contribution is 2.37. The van der Waals surface area contributed by atoms with Gasteiger partial charge < -0.3 is 5.73 Å². The molecule has 2 heteroatoms. The summed E-state index contributed by atoms with van der Waals surface area (Å²) in [4.78, 5) is 0. The standard InChI is InChI=1S/C17H29NS/c1-7-16(3,4)11-14-13(12(2)18)9-8-10-15(14)17(5,6)19/h8-10,12,19H,7,11,18H2,1-6H3. The normalized spacial score (nSPS) is 14.5. The third-order valence-electron chi connectivity index (χ3n) is 3.97. The summed E-state index contributed by atoms with van der Waals surface area (Å²) in [6, 6.07) is 6.53. The van der Waals surface area contributed by atoms with E-state index in [1.807, 2.05) is 0 Å². The van der Waals surface area contributed by atoms with E-state index in [0.29, 0.717) is 5.41 Å². The summed E-state index contributed by atoms with van der Waals surface area (Å²) in [5.41, 5.74) is 10.4. The van der Waals surface area contributed by atoms with Crippen LogP contribution in [-0.2, 0) is 11.2 Å². The molecule has 108 valence electrons. The molecule has 1 rings (SSSR count). The second kappa shape index (κ2) is 5.88. The minimum atomic E-state index is -0.135. The van der Waals surface area contributed by atoms with Gasteiger partial charge in [0.2, 0.25) is 0 Å². The Morgan fingerprint density at radius 3 is 2.21 bits per heavy atom. The van der Waals surface area contributed by atoms with Crippen LogP contribution in [0.5, 0.6) is 0 Å². The molecule has 1 unspecified atom stereocenters. The first-order chi connectivity index (χ1) is 8.58. The number of hydrogen-bond donors (Lipinski definition) is 2. The molecule has 2 N–H and O–H groups in total. The molecule has 0 bridgehead atoms. The molecule has 0 aliphatic rings. The molecule has 1 aromatic carbocycles. The Morgan fingerprint density at radius 2 is 1.79 bits per heavy atom. The third-order valence-corrected chi connectivity index (χ3v) is 4.22. The van der Waals surface area contributed by atoms with Crippen molar-refractivity contribution in [3.05, 3.63) is 34.9 Å². The van der Waals surface area contributed by atoms with Gasteiger partial charge in [0.05, 0.1) is 0 Å². The first-order valence-corrected chi connectivity index (χ1v) is 7.63. The van der Waals surface area contributed by atoms with Crippen molar-refractivity contribution in [2.24, 2.45) is 11.1 Å². The predicted molar refractivity (Wildman–Crippen MR) is 88.8 cm³/mol. The fourth-order valence-corrected chi connectivity index (χ4v) is 2.61. The molecule has 1 nitrogen and oxygen atoms in total. The Labute approximate surface area is 124 Å². The van der Waals surface area contributed by atoms with Gasteiger partial charge in [-0.1, -0.05) is 45.4 Å². The van der Waals surface area contributed by atoms with Crippen LogP contribution in [0.1, 0.15) is 70.7 Å². The molecule has 0 heterocycles. The minimum Gasteiger partial charge on any atom is -0.324 e. The van der Waals surface area contributed by atoms with E-state index in [4.69, 9.17) is 18.4 Å². The van der Waals surface area contributed by atoms with Crippen LogP contribution < -0.4 is 5.73 Å². The van der Waals surface area contributed by atoms with Gasteiger partial charge in [0.15, 0.2) is 0 Å². The van der Waals surface area contributed by atoms with Gasteiger partial charge in [0.25, 0.3) is 0 Å². The summed E-state index contributed by atoms with van der Waals surface area (Å²) in [6.45, 7) is 13.3. The van der Waals surface area contributed by atoms with E-state index < -0.39 is 0 Å². The van der Waals surface area contributed by atoms with Crippen LogP contribution in [0.4, 0.5) is 0 Å². The maximum atomic E-state index is 6.16. The van der Waals surface area contributed by atoms with Crippen molar-refractivity contribution >= 4 is 12.6 Å². The molecule has 0 radical (unpaired) electrons. The number of benzene rings is 1. The van der Waals surface area contributed by atoms with E-state index >= 15 is 0 Å². The summed E-state index contributed by atoms with van der Waals surface area (Å²) in [5, 5.41) is 0. The Morgan fingerprint density at radius 1 is 1.21 bits per heavy atom. The molecule has 0 saturated carbocycles. The summed E-state index contributed by atoms with van der Waals surface area (Å²) in [5.74, 6) is 0. The van der Waals surface area contributed by atoms with Crippen molar-refractivity contribution in [2.75, 3.05) is 0 Å². The molecule has 1 aromatic rings. The molecule has 0 saturated heterocycles. The molecule has 0 spiro atoms. The van der Waals surface area contributed by atoms with E-state index in [0.717, 1.165) is 12.8 Å². The lowest BCUT2D eigenvalue weighted by molar-refractivity contribution is 0.346. The van der Waals surface area contributed by atoms with E-state index in [1.54, 1.807) is 0 Å². The molecular weight excluding hydrogens is 250 g/mol. The van der Waals surface area contributed by atoms with Crippen molar-refractivity contribution in [1.82, 2.24) is 0 Å². The molecule has 0 fully saturated rings. The van der Waals surface area contributed by atoms with Gasteiger partial charge >= 0.3 is 0 Å². The third kappa shape index (κ3) is 4.25. The Hall–Kier alpha value is -0.470. The van der Waals surface area contributed by atoms with Crippen LogP contribution in [0.2, 0.25) is 0 Å². The van der Waals surface area contributed by atoms with Crippen LogP contribution in [0.15, 0.2) is 18.2 Å². The SMILES string of the molecule is CCC(C)(C)Cc1c(C(C)N)cccc1C(C)(C)S. The summed E-state index contributed by atoms with van der Waals surface area (Å²) >= 11 is 4.77. The minimum absolute atomic E-state index is 0.0679. The smallest absolute Gasteiger partial charge is 0.0324 e. The van der Waals surface area contributed by atoms with Crippen LogP contribution >= 0.6 is 12.6 Å². The second-order valence-electron chi connectivity index (χ2n) is 6.92. The first-order valence-electron chi connectivity index (χ1n) is 7.18. The molecule has 19 heavy (non-hydrogen) atoms. The van der Waals surface area contributed by atoms with Gasteiger partial charge in [-0.3, -0.25) is 0 Å². The van der Waals surface area contributed by atoms with Crippen molar-refractivity contribution in [3.8, 4) is 0 Å². The number of hydrogen-bond acceptors (Lipinski definition) is 2. The van der Waals surface area contributed by atoms with Gasteiger partial charge in [-0.2, -0.15) is 12.6 Å². The number of rotatable bonds is 5. The zero-order chi connectivity index (χ0) is 14.8. The second-order valence-corrected chi connectivity index (χ2v) is 8.03. The van der Waals surface area contributed by atoms with Crippen LogP contribution in [0, 0.1) is 5.41 Å².